The average molecular weight is 208 g/mol. The number of nitrogens with one attached hydrogen (secondary N) is 2. The second kappa shape index (κ2) is 4.75. The van der Waals surface area contributed by atoms with Gasteiger partial charge in [-0.05, 0) is 25.7 Å². The Balaban J connectivity index is 1.70. The SMILES string of the molecule is Cc1nc(CCNC2CCCC2C)n[nH]1. The molecule has 2 N–H and O–H groups in total. The fraction of sp³-hybridized carbons (Fsp3) is 0.818. The van der Waals surface area contributed by atoms with Gasteiger partial charge in [0.05, 0.1) is 0 Å². The van der Waals surface area contributed by atoms with Crippen molar-refractivity contribution in [1.82, 2.24) is 20.5 Å². The minimum atomic E-state index is 0.713. The van der Waals surface area contributed by atoms with Crippen molar-refractivity contribution in [2.75, 3.05) is 6.54 Å². The van der Waals surface area contributed by atoms with Gasteiger partial charge < -0.3 is 5.32 Å². The van der Waals surface area contributed by atoms with Crippen molar-refractivity contribution < 1.29 is 0 Å². The number of aromatic nitrogens is 3. The summed E-state index contributed by atoms with van der Waals surface area (Å²) in [6.45, 7) is 5.26. The second-order valence-corrected chi connectivity index (χ2v) is 4.56. The molecule has 0 aliphatic heterocycles. The first kappa shape index (κ1) is 10.6. The van der Waals surface area contributed by atoms with Crippen LogP contribution in [0.5, 0.6) is 0 Å². The Morgan fingerprint density at radius 2 is 2.33 bits per heavy atom. The van der Waals surface area contributed by atoms with Crippen molar-refractivity contribution in [3.63, 3.8) is 0 Å². The quantitative estimate of drug-likeness (QED) is 0.787. The third kappa shape index (κ3) is 2.78. The number of aromatic amines is 1. The Kier molecular flexibility index (Phi) is 3.36. The molecule has 0 saturated heterocycles. The summed E-state index contributed by atoms with van der Waals surface area (Å²) in [5.41, 5.74) is 0. The van der Waals surface area contributed by atoms with E-state index in [0.717, 1.165) is 30.5 Å². The maximum absolute atomic E-state index is 4.29. The van der Waals surface area contributed by atoms with Crippen LogP contribution in [-0.4, -0.2) is 27.8 Å². The first-order valence-electron chi connectivity index (χ1n) is 5.87. The van der Waals surface area contributed by atoms with Crippen LogP contribution in [-0.2, 0) is 6.42 Å². The van der Waals surface area contributed by atoms with Crippen LogP contribution in [0.15, 0.2) is 0 Å². The molecule has 4 heteroatoms. The van der Waals surface area contributed by atoms with E-state index in [9.17, 15) is 0 Å². The molecule has 0 spiro atoms. The van der Waals surface area contributed by atoms with Crippen LogP contribution in [0.2, 0.25) is 0 Å². The van der Waals surface area contributed by atoms with E-state index in [0.29, 0.717) is 6.04 Å². The van der Waals surface area contributed by atoms with Crippen LogP contribution in [0, 0.1) is 12.8 Å². The van der Waals surface area contributed by atoms with E-state index in [-0.39, 0.29) is 0 Å². The van der Waals surface area contributed by atoms with Gasteiger partial charge in [0.1, 0.15) is 5.82 Å². The molecule has 2 atom stereocenters. The summed E-state index contributed by atoms with van der Waals surface area (Å²) in [6.07, 6.45) is 5.00. The summed E-state index contributed by atoms with van der Waals surface area (Å²) in [5, 5.41) is 10.6. The standard InChI is InChI=1S/C11H20N4/c1-8-4-3-5-10(8)12-7-6-11-13-9(2)14-15-11/h8,10,12H,3-7H2,1-2H3,(H,13,14,15). The van der Waals surface area contributed by atoms with Gasteiger partial charge in [-0.2, -0.15) is 5.10 Å². The van der Waals surface area contributed by atoms with Crippen molar-refractivity contribution in [1.29, 1.82) is 0 Å². The van der Waals surface area contributed by atoms with Crippen LogP contribution in [0.4, 0.5) is 0 Å². The molecular weight excluding hydrogens is 188 g/mol. The number of rotatable bonds is 4. The van der Waals surface area contributed by atoms with E-state index in [1.54, 1.807) is 0 Å². The zero-order valence-corrected chi connectivity index (χ0v) is 9.58. The van der Waals surface area contributed by atoms with Crippen molar-refractivity contribution in [2.45, 2.75) is 45.6 Å². The normalized spacial score (nSPS) is 26.0. The van der Waals surface area contributed by atoms with Crippen molar-refractivity contribution >= 4 is 0 Å². The smallest absolute Gasteiger partial charge is 0.151 e. The summed E-state index contributed by atoms with van der Waals surface area (Å²) in [6, 6.07) is 0.713. The lowest BCUT2D eigenvalue weighted by molar-refractivity contribution is 0.428. The van der Waals surface area contributed by atoms with Gasteiger partial charge in [-0.25, -0.2) is 4.98 Å². The number of hydrogen-bond acceptors (Lipinski definition) is 3. The van der Waals surface area contributed by atoms with E-state index >= 15 is 0 Å². The summed E-state index contributed by atoms with van der Waals surface area (Å²) in [4.78, 5) is 4.29. The monoisotopic (exact) mass is 208 g/mol. The van der Waals surface area contributed by atoms with Crippen LogP contribution in [0.1, 0.15) is 37.8 Å². The van der Waals surface area contributed by atoms with Crippen LogP contribution >= 0.6 is 0 Å². The lowest BCUT2D eigenvalue weighted by atomic mass is 10.1. The minimum absolute atomic E-state index is 0.713. The molecule has 0 radical (unpaired) electrons. The number of nitrogens with zero attached hydrogens (tertiary/aromatic N) is 2. The van der Waals surface area contributed by atoms with Crippen molar-refractivity contribution in [3.05, 3.63) is 11.6 Å². The predicted molar refractivity (Wildman–Crippen MR) is 59.6 cm³/mol. The molecule has 15 heavy (non-hydrogen) atoms. The Labute approximate surface area is 90.9 Å². The largest absolute Gasteiger partial charge is 0.313 e. The third-order valence-corrected chi connectivity index (χ3v) is 3.26. The highest BCUT2D eigenvalue weighted by molar-refractivity contribution is 4.89. The molecule has 1 heterocycles. The first-order valence-corrected chi connectivity index (χ1v) is 5.87. The highest BCUT2D eigenvalue weighted by Gasteiger charge is 2.22. The predicted octanol–water partition coefficient (Wildman–Crippen LogP) is 1.43. The minimum Gasteiger partial charge on any atom is -0.313 e. The van der Waals surface area contributed by atoms with E-state index in [1.807, 2.05) is 6.92 Å². The first-order chi connectivity index (χ1) is 7.25. The summed E-state index contributed by atoms with van der Waals surface area (Å²) in [5.74, 6) is 2.66. The summed E-state index contributed by atoms with van der Waals surface area (Å²) >= 11 is 0. The van der Waals surface area contributed by atoms with Gasteiger partial charge in [0.25, 0.3) is 0 Å². The van der Waals surface area contributed by atoms with Crippen LogP contribution in [0.25, 0.3) is 0 Å². The van der Waals surface area contributed by atoms with Gasteiger partial charge in [-0.15, -0.1) is 0 Å². The van der Waals surface area contributed by atoms with Gasteiger partial charge in [0.2, 0.25) is 0 Å². The van der Waals surface area contributed by atoms with E-state index in [1.165, 1.54) is 19.3 Å². The average Bonchev–Trinajstić information content (AvgIpc) is 2.77. The van der Waals surface area contributed by atoms with Gasteiger partial charge in [-0.3, -0.25) is 5.10 Å². The Bertz CT molecular complexity index is 307. The fourth-order valence-electron chi connectivity index (χ4n) is 2.32. The molecule has 0 amide bonds. The molecule has 1 fully saturated rings. The lowest BCUT2D eigenvalue weighted by Gasteiger charge is -2.16. The lowest BCUT2D eigenvalue weighted by Crippen LogP contribution is -2.32. The van der Waals surface area contributed by atoms with E-state index < -0.39 is 0 Å². The summed E-state index contributed by atoms with van der Waals surface area (Å²) in [7, 11) is 0. The van der Waals surface area contributed by atoms with Gasteiger partial charge in [-0.1, -0.05) is 13.3 Å². The Morgan fingerprint density at radius 1 is 1.47 bits per heavy atom. The van der Waals surface area contributed by atoms with Crippen molar-refractivity contribution in [2.24, 2.45) is 5.92 Å². The molecule has 84 valence electrons. The Morgan fingerprint density at radius 3 is 2.93 bits per heavy atom. The number of H-pyrrole nitrogens is 1. The molecule has 1 aromatic heterocycles. The molecular formula is C11H20N4. The topological polar surface area (TPSA) is 53.6 Å². The Hall–Kier alpha value is -0.900. The maximum Gasteiger partial charge on any atom is 0.151 e. The second-order valence-electron chi connectivity index (χ2n) is 4.56. The highest BCUT2D eigenvalue weighted by atomic mass is 15.2. The van der Waals surface area contributed by atoms with E-state index in [2.05, 4.69) is 27.4 Å². The van der Waals surface area contributed by atoms with Gasteiger partial charge >= 0.3 is 0 Å². The molecule has 1 aliphatic rings. The zero-order chi connectivity index (χ0) is 10.7. The molecule has 0 aromatic carbocycles. The maximum atomic E-state index is 4.29. The van der Waals surface area contributed by atoms with Gasteiger partial charge in [0.15, 0.2) is 5.82 Å². The molecule has 2 rings (SSSR count). The van der Waals surface area contributed by atoms with Crippen LogP contribution in [0.3, 0.4) is 0 Å². The molecule has 1 aliphatic carbocycles. The molecule has 2 unspecified atom stereocenters. The highest BCUT2D eigenvalue weighted by Crippen LogP contribution is 2.24. The van der Waals surface area contributed by atoms with Crippen LogP contribution < -0.4 is 5.32 Å². The molecule has 4 nitrogen and oxygen atoms in total. The molecule has 1 aromatic rings. The summed E-state index contributed by atoms with van der Waals surface area (Å²) < 4.78 is 0. The third-order valence-electron chi connectivity index (χ3n) is 3.26. The fourth-order valence-corrected chi connectivity index (χ4v) is 2.32. The van der Waals surface area contributed by atoms with E-state index in [4.69, 9.17) is 0 Å². The molecule has 1 saturated carbocycles. The molecule has 0 bridgehead atoms. The zero-order valence-electron chi connectivity index (χ0n) is 9.58. The number of aryl methyl sites for hydroxylation is 1. The van der Waals surface area contributed by atoms with Gasteiger partial charge in [0, 0.05) is 19.0 Å². The van der Waals surface area contributed by atoms with Crippen molar-refractivity contribution in [3.8, 4) is 0 Å². The number of hydrogen-bond donors (Lipinski definition) is 2.